The Bertz CT molecular complexity index is 989. The SMILES string of the molecule is COC(=O)CCc1cc(OC)c(OC)c(OC=O)c1NC(=O)CC(=O)OCc1ccccc1. The van der Waals surface area contributed by atoms with Gasteiger partial charge in [0.25, 0.3) is 6.47 Å². The Hall–Kier alpha value is -4.08. The van der Waals surface area contributed by atoms with Gasteiger partial charge in [0.2, 0.25) is 11.7 Å². The third-order valence-corrected chi connectivity index (χ3v) is 4.51. The van der Waals surface area contributed by atoms with E-state index in [1.807, 2.05) is 6.07 Å². The van der Waals surface area contributed by atoms with E-state index in [0.717, 1.165) is 5.56 Å². The molecule has 0 spiro atoms. The largest absolute Gasteiger partial charge is 0.493 e. The van der Waals surface area contributed by atoms with Crippen molar-refractivity contribution in [2.45, 2.75) is 25.9 Å². The van der Waals surface area contributed by atoms with Gasteiger partial charge in [0.1, 0.15) is 13.0 Å². The molecule has 0 saturated carbocycles. The van der Waals surface area contributed by atoms with Gasteiger partial charge in [-0.25, -0.2) is 0 Å². The summed E-state index contributed by atoms with van der Waals surface area (Å²) < 4.78 is 25.4. The first-order valence-corrected chi connectivity index (χ1v) is 9.87. The monoisotopic (exact) mass is 459 g/mol. The zero-order valence-electron chi connectivity index (χ0n) is 18.5. The van der Waals surface area contributed by atoms with Crippen LogP contribution < -0.4 is 19.5 Å². The van der Waals surface area contributed by atoms with Gasteiger partial charge in [-0.05, 0) is 23.6 Å². The standard InChI is InChI=1S/C23H25NO9/c1-29-17-11-16(9-10-19(27)30-2)21(23(33-14-25)22(17)31-3)24-18(26)12-20(28)32-13-15-7-5-4-6-8-15/h4-8,11,14H,9-10,12-13H2,1-3H3,(H,24,26). The Morgan fingerprint density at radius 1 is 0.970 bits per heavy atom. The molecule has 33 heavy (non-hydrogen) atoms. The van der Waals surface area contributed by atoms with Crippen LogP contribution in [0.2, 0.25) is 0 Å². The summed E-state index contributed by atoms with van der Waals surface area (Å²) in [5.74, 6) is -1.80. The predicted molar refractivity (Wildman–Crippen MR) is 116 cm³/mol. The van der Waals surface area contributed by atoms with E-state index in [0.29, 0.717) is 5.56 Å². The van der Waals surface area contributed by atoms with Gasteiger partial charge < -0.3 is 29.0 Å². The molecule has 2 rings (SSSR count). The second kappa shape index (κ2) is 12.7. The fraction of sp³-hybridized carbons (Fsp3) is 0.304. The Morgan fingerprint density at radius 2 is 1.70 bits per heavy atom. The number of anilines is 1. The number of methoxy groups -OCH3 is 3. The molecule has 0 bridgehead atoms. The maximum atomic E-state index is 12.6. The summed E-state index contributed by atoms with van der Waals surface area (Å²) in [6, 6.07) is 10.5. The van der Waals surface area contributed by atoms with Gasteiger partial charge in [-0.1, -0.05) is 30.3 Å². The maximum Gasteiger partial charge on any atom is 0.315 e. The smallest absolute Gasteiger partial charge is 0.315 e. The average molecular weight is 459 g/mol. The fourth-order valence-corrected chi connectivity index (χ4v) is 2.95. The van der Waals surface area contributed by atoms with Crippen LogP contribution >= 0.6 is 0 Å². The summed E-state index contributed by atoms with van der Waals surface area (Å²) in [4.78, 5) is 47.4. The van der Waals surface area contributed by atoms with Crippen LogP contribution in [-0.2, 0) is 41.7 Å². The molecule has 2 aromatic carbocycles. The van der Waals surface area contributed by atoms with Crippen LogP contribution in [0.3, 0.4) is 0 Å². The molecule has 0 fully saturated rings. The van der Waals surface area contributed by atoms with E-state index in [-0.39, 0.29) is 48.9 Å². The zero-order chi connectivity index (χ0) is 24.2. The minimum Gasteiger partial charge on any atom is -0.493 e. The Kier molecular flexibility index (Phi) is 9.69. The molecule has 10 heteroatoms. The third kappa shape index (κ3) is 7.23. The van der Waals surface area contributed by atoms with Crippen LogP contribution in [0.15, 0.2) is 36.4 Å². The molecule has 0 unspecified atom stereocenters. The molecule has 0 aliphatic rings. The lowest BCUT2D eigenvalue weighted by Gasteiger charge is -2.19. The lowest BCUT2D eigenvalue weighted by molar-refractivity contribution is -0.147. The van der Waals surface area contributed by atoms with Crippen LogP contribution in [0, 0.1) is 0 Å². The van der Waals surface area contributed by atoms with Crippen molar-refractivity contribution in [2.75, 3.05) is 26.6 Å². The normalized spacial score (nSPS) is 10.0. The van der Waals surface area contributed by atoms with Crippen molar-refractivity contribution in [3.8, 4) is 17.2 Å². The lowest BCUT2D eigenvalue weighted by Crippen LogP contribution is -2.20. The van der Waals surface area contributed by atoms with E-state index in [4.69, 9.17) is 18.9 Å². The number of carbonyl (C=O) groups excluding carboxylic acids is 4. The van der Waals surface area contributed by atoms with Gasteiger partial charge in [0.05, 0.1) is 27.0 Å². The molecule has 0 atom stereocenters. The van der Waals surface area contributed by atoms with Crippen molar-refractivity contribution in [1.82, 2.24) is 0 Å². The quantitative estimate of drug-likeness (QED) is 0.289. The van der Waals surface area contributed by atoms with Crippen molar-refractivity contribution < 1.29 is 42.9 Å². The molecule has 0 heterocycles. The predicted octanol–water partition coefficient (Wildman–Crippen LogP) is 2.42. The van der Waals surface area contributed by atoms with Crippen LogP contribution in [0.25, 0.3) is 0 Å². The molecule has 0 aromatic heterocycles. The number of esters is 2. The molecule has 0 aliphatic carbocycles. The number of aryl methyl sites for hydroxylation is 1. The van der Waals surface area contributed by atoms with Gasteiger partial charge >= 0.3 is 11.9 Å². The van der Waals surface area contributed by atoms with E-state index in [9.17, 15) is 19.2 Å². The van der Waals surface area contributed by atoms with Gasteiger partial charge in [-0.2, -0.15) is 0 Å². The van der Waals surface area contributed by atoms with Crippen molar-refractivity contribution >= 4 is 30.0 Å². The van der Waals surface area contributed by atoms with Crippen LogP contribution in [0.5, 0.6) is 17.2 Å². The topological polar surface area (TPSA) is 126 Å². The van der Waals surface area contributed by atoms with Gasteiger partial charge in [0.15, 0.2) is 11.5 Å². The first kappa shape index (κ1) is 25.2. The molecule has 0 aliphatic heterocycles. The number of benzene rings is 2. The van der Waals surface area contributed by atoms with Crippen LogP contribution in [-0.4, -0.2) is 45.6 Å². The molecular weight excluding hydrogens is 434 g/mol. The van der Waals surface area contributed by atoms with Crippen molar-refractivity contribution in [3.05, 3.63) is 47.5 Å². The lowest BCUT2D eigenvalue weighted by atomic mass is 10.0. The number of carbonyl (C=O) groups is 4. The molecule has 2 aromatic rings. The highest BCUT2D eigenvalue weighted by Crippen LogP contribution is 2.45. The minimum atomic E-state index is -0.745. The number of rotatable bonds is 12. The van der Waals surface area contributed by atoms with E-state index >= 15 is 0 Å². The maximum absolute atomic E-state index is 12.6. The van der Waals surface area contributed by atoms with E-state index in [1.54, 1.807) is 24.3 Å². The molecular formula is C23H25NO9. The van der Waals surface area contributed by atoms with Crippen molar-refractivity contribution in [3.63, 3.8) is 0 Å². The molecule has 176 valence electrons. The molecule has 10 nitrogen and oxygen atoms in total. The van der Waals surface area contributed by atoms with Crippen LogP contribution in [0.4, 0.5) is 5.69 Å². The molecule has 1 amide bonds. The van der Waals surface area contributed by atoms with Crippen molar-refractivity contribution in [1.29, 1.82) is 0 Å². The van der Waals surface area contributed by atoms with Crippen LogP contribution in [0.1, 0.15) is 24.0 Å². The number of nitrogens with one attached hydrogen (secondary N) is 1. The van der Waals surface area contributed by atoms with Gasteiger partial charge in [-0.15, -0.1) is 0 Å². The number of hydrogen-bond donors (Lipinski definition) is 1. The summed E-state index contributed by atoms with van der Waals surface area (Å²) in [6.07, 6.45) is -0.483. The number of ether oxygens (including phenoxy) is 5. The Morgan fingerprint density at radius 3 is 2.30 bits per heavy atom. The van der Waals surface area contributed by atoms with Gasteiger partial charge in [-0.3, -0.25) is 19.2 Å². The first-order valence-electron chi connectivity index (χ1n) is 9.87. The number of hydrogen-bond acceptors (Lipinski definition) is 9. The van der Waals surface area contributed by atoms with E-state index in [1.165, 1.54) is 27.4 Å². The summed E-state index contributed by atoms with van der Waals surface area (Å²) in [6.45, 7) is 0.179. The summed E-state index contributed by atoms with van der Waals surface area (Å²) in [5, 5.41) is 2.55. The Balaban J connectivity index is 2.24. The summed E-state index contributed by atoms with van der Waals surface area (Å²) in [5.41, 5.74) is 1.24. The summed E-state index contributed by atoms with van der Waals surface area (Å²) in [7, 11) is 3.96. The Labute approximate surface area is 190 Å². The molecule has 0 radical (unpaired) electrons. The number of amides is 1. The highest BCUT2D eigenvalue weighted by molar-refractivity contribution is 6.03. The van der Waals surface area contributed by atoms with Crippen molar-refractivity contribution in [2.24, 2.45) is 0 Å². The third-order valence-electron chi connectivity index (χ3n) is 4.51. The molecule has 0 saturated heterocycles. The van der Waals surface area contributed by atoms with E-state index in [2.05, 4.69) is 10.1 Å². The summed E-state index contributed by atoms with van der Waals surface area (Å²) >= 11 is 0. The highest BCUT2D eigenvalue weighted by atomic mass is 16.6. The first-order chi connectivity index (χ1) is 15.9. The highest BCUT2D eigenvalue weighted by Gasteiger charge is 2.24. The van der Waals surface area contributed by atoms with E-state index < -0.39 is 24.3 Å². The minimum absolute atomic E-state index is 0.0193. The van der Waals surface area contributed by atoms with Gasteiger partial charge in [0, 0.05) is 6.42 Å². The second-order valence-electron chi connectivity index (χ2n) is 6.64. The average Bonchev–Trinajstić information content (AvgIpc) is 2.82. The zero-order valence-corrected chi connectivity index (χ0v) is 18.5. The fourth-order valence-electron chi connectivity index (χ4n) is 2.95. The molecule has 1 N–H and O–H groups in total. The second-order valence-corrected chi connectivity index (χ2v) is 6.64.